The fraction of sp³-hybridized carbons (Fsp3) is 0.538. The Morgan fingerprint density at radius 2 is 2.17 bits per heavy atom. The highest BCUT2D eigenvalue weighted by atomic mass is 35.5. The van der Waals surface area contributed by atoms with Gasteiger partial charge in [-0.3, -0.25) is 9.59 Å². The molecule has 1 N–H and O–H groups in total. The van der Waals surface area contributed by atoms with E-state index in [0.717, 1.165) is 5.57 Å². The fourth-order valence-electron chi connectivity index (χ4n) is 2.25. The lowest BCUT2D eigenvalue weighted by Gasteiger charge is -2.35. The fourth-order valence-corrected chi connectivity index (χ4v) is 2.43. The molecule has 5 heteroatoms. The van der Waals surface area contributed by atoms with E-state index in [1.807, 2.05) is 13.8 Å². The van der Waals surface area contributed by atoms with Crippen LogP contribution in [-0.4, -0.2) is 30.0 Å². The van der Waals surface area contributed by atoms with Gasteiger partial charge in [0.2, 0.25) is 0 Å². The smallest absolute Gasteiger partial charge is 0.327 e. The number of halogens is 1. The van der Waals surface area contributed by atoms with Gasteiger partial charge in [0.1, 0.15) is 0 Å². The molecule has 0 aromatic heterocycles. The number of allylic oxidation sites excluding steroid dienone is 3. The van der Waals surface area contributed by atoms with Crippen LogP contribution in [0.1, 0.15) is 13.8 Å². The molecule has 0 aliphatic heterocycles. The molecule has 0 spiro atoms. The van der Waals surface area contributed by atoms with Crippen LogP contribution in [0.3, 0.4) is 0 Å². The van der Waals surface area contributed by atoms with Gasteiger partial charge >= 0.3 is 11.9 Å². The SMILES string of the molecule is COC(=O)C1(C(=O)O)C=CC(CCl)=CC1C(C)C. The molecular weight excluding hydrogens is 256 g/mol. The van der Waals surface area contributed by atoms with E-state index in [1.165, 1.54) is 13.2 Å². The molecule has 4 nitrogen and oxygen atoms in total. The van der Waals surface area contributed by atoms with Crippen LogP contribution < -0.4 is 0 Å². The highest BCUT2D eigenvalue weighted by molar-refractivity contribution is 6.19. The van der Waals surface area contributed by atoms with Gasteiger partial charge in [0, 0.05) is 11.8 Å². The molecule has 0 saturated heterocycles. The van der Waals surface area contributed by atoms with Crippen molar-refractivity contribution in [2.45, 2.75) is 13.8 Å². The lowest BCUT2D eigenvalue weighted by Crippen LogP contribution is -2.47. The Labute approximate surface area is 111 Å². The number of carboxylic acids is 1. The molecule has 1 aliphatic rings. The number of alkyl halides is 1. The molecule has 2 unspecified atom stereocenters. The number of carboxylic acid groups (broad SMARTS) is 1. The molecular formula is C13H17ClO4. The molecule has 0 radical (unpaired) electrons. The average Bonchev–Trinajstić information content (AvgIpc) is 2.36. The van der Waals surface area contributed by atoms with Crippen molar-refractivity contribution in [1.82, 2.24) is 0 Å². The number of hydrogen-bond donors (Lipinski definition) is 1. The second-order valence-electron chi connectivity index (χ2n) is 4.64. The van der Waals surface area contributed by atoms with Crippen molar-refractivity contribution in [3.8, 4) is 0 Å². The maximum absolute atomic E-state index is 11.9. The van der Waals surface area contributed by atoms with Crippen LogP contribution in [0.15, 0.2) is 23.8 Å². The van der Waals surface area contributed by atoms with Gasteiger partial charge in [0.05, 0.1) is 7.11 Å². The van der Waals surface area contributed by atoms with Gasteiger partial charge in [-0.25, -0.2) is 0 Å². The van der Waals surface area contributed by atoms with Crippen molar-refractivity contribution in [2.24, 2.45) is 17.3 Å². The topological polar surface area (TPSA) is 63.6 Å². The first-order valence-corrected chi connectivity index (χ1v) is 6.21. The molecule has 1 aliphatic carbocycles. The van der Waals surface area contributed by atoms with Gasteiger partial charge in [-0.15, -0.1) is 11.6 Å². The van der Waals surface area contributed by atoms with E-state index in [4.69, 9.17) is 11.6 Å². The van der Waals surface area contributed by atoms with Gasteiger partial charge in [-0.1, -0.05) is 32.1 Å². The van der Waals surface area contributed by atoms with Gasteiger partial charge in [-0.05, 0) is 11.5 Å². The third-order valence-electron chi connectivity index (χ3n) is 3.23. The van der Waals surface area contributed by atoms with Crippen LogP contribution in [0.2, 0.25) is 0 Å². The van der Waals surface area contributed by atoms with Crippen molar-refractivity contribution in [1.29, 1.82) is 0 Å². The number of hydrogen-bond acceptors (Lipinski definition) is 3. The molecule has 0 saturated carbocycles. The molecule has 0 bridgehead atoms. The molecule has 0 amide bonds. The molecule has 0 heterocycles. The van der Waals surface area contributed by atoms with Crippen molar-refractivity contribution in [3.05, 3.63) is 23.8 Å². The first-order chi connectivity index (χ1) is 8.40. The number of rotatable bonds is 4. The molecule has 18 heavy (non-hydrogen) atoms. The van der Waals surface area contributed by atoms with Crippen LogP contribution in [-0.2, 0) is 14.3 Å². The Bertz CT molecular complexity index is 411. The van der Waals surface area contributed by atoms with E-state index in [0.29, 0.717) is 0 Å². The summed E-state index contributed by atoms with van der Waals surface area (Å²) in [6.07, 6.45) is 4.73. The van der Waals surface area contributed by atoms with E-state index >= 15 is 0 Å². The minimum atomic E-state index is -1.65. The molecule has 0 aromatic carbocycles. The van der Waals surface area contributed by atoms with E-state index in [9.17, 15) is 14.7 Å². The predicted molar refractivity (Wildman–Crippen MR) is 68.4 cm³/mol. The normalized spacial score (nSPS) is 26.9. The summed E-state index contributed by atoms with van der Waals surface area (Å²) in [6, 6.07) is 0. The maximum atomic E-state index is 11.9. The summed E-state index contributed by atoms with van der Waals surface area (Å²) in [5.41, 5.74) is -0.838. The Kier molecular flexibility index (Phi) is 4.57. The van der Waals surface area contributed by atoms with E-state index in [1.54, 1.807) is 12.2 Å². The number of ether oxygens (including phenoxy) is 1. The summed E-state index contributed by atoms with van der Waals surface area (Å²) in [7, 11) is 1.19. The van der Waals surface area contributed by atoms with Gasteiger partial charge in [0.15, 0.2) is 5.41 Å². The van der Waals surface area contributed by atoms with Crippen molar-refractivity contribution in [2.75, 3.05) is 13.0 Å². The van der Waals surface area contributed by atoms with Gasteiger partial charge in [-0.2, -0.15) is 0 Å². The van der Waals surface area contributed by atoms with Crippen LogP contribution in [0, 0.1) is 17.3 Å². The highest BCUT2D eigenvalue weighted by Gasteiger charge is 2.53. The predicted octanol–water partition coefficient (Wildman–Crippen LogP) is 2.24. The van der Waals surface area contributed by atoms with E-state index < -0.39 is 23.3 Å². The lowest BCUT2D eigenvalue weighted by atomic mass is 9.67. The van der Waals surface area contributed by atoms with Crippen molar-refractivity contribution < 1.29 is 19.4 Å². The minimum absolute atomic E-state index is 0.0247. The monoisotopic (exact) mass is 272 g/mol. The number of methoxy groups -OCH3 is 1. The standard InChI is InChI=1S/C13H17ClO4/c1-8(2)10-6-9(7-14)4-5-13(10,11(15)16)12(17)18-3/h4-6,8,10H,7H2,1-3H3,(H,15,16). The largest absolute Gasteiger partial charge is 0.480 e. The highest BCUT2D eigenvalue weighted by Crippen LogP contribution is 2.41. The first kappa shape index (κ1) is 14.8. The number of carbonyl (C=O) groups excluding carboxylic acids is 1. The van der Waals surface area contributed by atoms with Gasteiger partial charge in [0.25, 0.3) is 0 Å². The second kappa shape index (κ2) is 5.57. The summed E-state index contributed by atoms with van der Waals surface area (Å²) in [5, 5.41) is 9.45. The molecule has 100 valence electrons. The summed E-state index contributed by atoms with van der Waals surface area (Å²) in [5.74, 6) is -2.16. The second-order valence-corrected chi connectivity index (χ2v) is 4.91. The quantitative estimate of drug-likeness (QED) is 0.484. The lowest BCUT2D eigenvalue weighted by molar-refractivity contribution is -0.166. The Morgan fingerprint density at radius 3 is 2.56 bits per heavy atom. The third-order valence-corrected chi connectivity index (χ3v) is 3.54. The summed E-state index contributed by atoms with van der Waals surface area (Å²) in [6.45, 7) is 3.74. The minimum Gasteiger partial charge on any atom is -0.480 e. The maximum Gasteiger partial charge on any atom is 0.327 e. The number of esters is 1. The molecule has 0 fully saturated rings. The zero-order valence-corrected chi connectivity index (χ0v) is 11.4. The van der Waals surface area contributed by atoms with Crippen LogP contribution in [0.25, 0.3) is 0 Å². The van der Waals surface area contributed by atoms with E-state index in [-0.39, 0.29) is 11.8 Å². The van der Waals surface area contributed by atoms with Crippen LogP contribution in [0.5, 0.6) is 0 Å². The van der Waals surface area contributed by atoms with Crippen molar-refractivity contribution >= 4 is 23.5 Å². The number of carbonyl (C=O) groups is 2. The molecule has 1 rings (SSSR count). The zero-order chi connectivity index (χ0) is 13.9. The third kappa shape index (κ3) is 2.29. The van der Waals surface area contributed by atoms with Crippen LogP contribution in [0.4, 0.5) is 0 Å². The Hall–Kier alpha value is -1.29. The number of aliphatic carboxylic acids is 1. The average molecular weight is 273 g/mol. The van der Waals surface area contributed by atoms with Gasteiger partial charge < -0.3 is 9.84 Å². The summed E-state index contributed by atoms with van der Waals surface area (Å²) < 4.78 is 4.67. The summed E-state index contributed by atoms with van der Waals surface area (Å²) >= 11 is 5.75. The summed E-state index contributed by atoms with van der Waals surface area (Å²) in [4.78, 5) is 23.5. The Morgan fingerprint density at radius 1 is 1.56 bits per heavy atom. The first-order valence-electron chi connectivity index (χ1n) is 5.67. The molecule has 2 atom stereocenters. The Balaban J connectivity index is 3.34. The van der Waals surface area contributed by atoms with Crippen molar-refractivity contribution in [3.63, 3.8) is 0 Å². The van der Waals surface area contributed by atoms with Crippen LogP contribution >= 0.6 is 11.6 Å². The van der Waals surface area contributed by atoms with E-state index in [2.05, 4.69) is 4.74 Å². The molecule has 0 aromatic rings. The zero-order valence-electron chi connectivity index (χ0n) is 10.6.